The van der Waals surface area contributed by atoms with E-state index in [9.17, 15) is 18.6 Å². The second kappa shape index (κ2) is 12.8. The van der Waals surface area contributed by atoms with Crippen LogP contribution in [0.15, 0.2) is 107 Å². The minimum absolute atomic E-state index is 0.0330. The minimum Gasteiger partial charge on any atom is -0.457 e. The molecular formula is C38H34O6S. The first-order chi connectivity index (χ1) is 21.7. The van der Waals surface area contributed by atoms with Crippen molar-refractivity contribution in [2.24, 2.45) is 0 Å². The largest absolute Gasteiger partial charge is 0.457 e. The summed E-state index contributed by atoms with van der Waals surface area (Å²) in [7, 11) is -3.93. The van der Waals surface area contributed by atoms with Crippen molar-refractivity contribution < 1.29 is 28.1 Å². The van der Waals surface area contributed by atoms with Crippen LogP contribution in [0.5, 0.6) is 23.0 Å². The van der Waals surface area contributed by atoms with E-state index in [4.69, 9.17) is 9.47 Å². The van der Waals surface area contributed by atoms with Crippen LogP contribution in [0.2, 0.25) is 0 Å². The normalized spacial score (nSPS) is 16.6. The maximum atomic E-state index is 13.7. The second-order valence-electron chi connectivity index (χ2n) is 11.7. The summed E-state index contributed by atoms with van der Waals surface area (Å²) in [5, 5.41) is 21.1. The first-order valence-electron chi connectivity index (χ1n) is 15.2. The van der Waals surface area contributed by atoms with Crippen LogP contribution in [0.1, 0.15) is 62.5 Å². The van der Waals surface area contributed by atoms with Crippen molar-refractivity contribution in [2.75, 3.05) is 0 Å². The Morgan fingerprint density at radius 1 is 0.578 bits per heavy atom. The molecule has 2 saturated carbocycles. The minimum atomic E-state index is -3.93. The van der Waals surface area contributed by atoms with Crippen LogP contribution >= 0.6 is 0 Å². The van der Waals surface area contributed by atoms with Gasteiger partial charge in [-0.1, -0.05) is 47.9 Å². The Labute approximate surface area is 264 Å². The lowest BCUT2D eigenvalue weighted by molar-refractivity contribution is 0.109. The molecule has 0 aromatic heterocycles. The van der Waals surface area contributed by atoms with Gasteiger partial charge in [0.15, 0.2) is 0 Å². The van der Waals surface area contributed by atoms with E-state index in [0.29, 0.717) is 48.5 Å². The van der Waals surface area contributed by atoms with Crippen LogP contribution in [0, 0.1) is 23.7 Å². The molecule has 0 spiro atoms. The Bertz CT molecular complexity index is 1910. The Balaban J connectivity index is 1.17. The van der Waals surface area contributed by atoms with E-state index in [1.165, 1.54) is 18.2 Å². The number of hydrogen-bond acceptors (Lipinski definition) is 6. The molecule has 0 amide bonds. The fraction of sp³-hybridized carbons (Fsp3) is 0.263. The molecule has 0 heterocycles. The Morgan fingerprint density at radius 3 is 1.64 bits per heavy atom. The highest BCUT2D eigenvalue weighted by atomic mass is 32.2. The lowest BCUT2D eigenvalue weighted by Gasteiger charge is -2.13. The molecule has 6 rings (SSSR count). The number of ether oxygens (including phenoxy) is 2. The van der Waals surface area contributed by atoms with Crippen molar-refractivity contribution in [3.05, 3.63) is 108 Å². The molecular weight excluding hydrogens is 584 g/mol. The first-order valence-corrected chi connectivity index (χ1v) is 16.7. The Hall–Kier alpha value is -4.53. The molecule has 228 valence electrons. The van der Waals surface area contributed by atoms with Crippen molar-refractivity contribution in [1.82, 2.24) is 0 Å². The number of rotatable bonds is 6. The van der Waals surface area contributed by atoms with Crippen LogP contribution in [0.4, 0.5) is 0 Å². The van der Waals surface area contributed by atoms with E-state index in [-0.39, 0.29) is 15.5 Å². The Kier molecular flexibility index (Phi) is 8.70. The lowest BCUT2D eigenvalue weighted by atomic mass is 10.0. The zero-order chi connectivity index (χ0) is 31.3. The van der Waals surface area contributed by atoms with Gasteiger partial charge in [0.2, 0.25) is 9.84 Å². The first kappa shape index (κ1) is 30.5. The zero-order valence-corrected chi connectivity index (χ0v) is 25.6. The van der Waals surface area contributed by atoms with E-state index < -0.39 is 21.0 Å². The van der Waals surface area contributed by atoms with Crippen LogP contribution in [-0.2, 0) is 9.84 Å². The molecule has 0 bridgehead atoms. The molecule has 7 heteroatoms. The molecule has 6 nitrogen and oxygen atoms in total. The number of hydrogen-bond donors (Lipinski definition) is 2. The number of para-hydroxylation sites is 1. The quantitative estimate of drug-likeness (QED) is 0.219. The molecule has 0 aliphatic heterocycles. The van der Waals surface area contributed by atoms with Crippen LogP contribution in [0.25, 0.3) is 0 Å². The highest BCUT2D eigenvalue weighted by Gasteiger charge is 2.29. The van der Waals surface area contributed by atoms with E-state index in [0.717, 1.165) is 31.2 Å². The number of sulfone groups is 1. The fourth-order valence-electron chi connectivity index (χ4n) is 5.65. The summed E-state index contributed by atoms with van der Waals surface area (Å²) in [5.74, 6) is 13.8. The van der Waals surface area contributed by atoms with Gasteiger partial charge in [-0.05, 0) is 124 Å². The van der Waals surface area contributed by atoms with Gasteiger partial charge in [-0.25, -0.2) is 8.42 Å². The van der Waals surface area contributed by atoms with Gasteiger partial charge < -0.3 is 19.7 Å². The average Bonchev–Trinajstić information content (AvgIpc) is 3.69. The lowest BCUT2D eigenvalue weighted by Crippen LogP contribution is -2.20. The van der Waals surface area contributed by atoms with Crippen molar-refractivity contribution in [1.29, 1.82) is 0 Å². The third-order valence-corrected chi connectivity index (χ3v) is 9.95. The highest BCUT2D eigenvalue weighted by Crippen LogP contribution is 2.34. The predicted octanol–water partition coefficient (Wildman–Crippen LogP) is 7.42. The van der Waals surface area contributed by atoms with Crippen molar-refractivity contribution in [3.63, 3.8) is 0 Å². The van der Waals surface area contributed by atoms with Crippen LogP contribution in [0.3, 0.4) is 0 Å². The SMILES string of the molecule is O=S(=O)(c1ccc(Oc2cccc(C#CC3(O)CCCC3)c2)cc1)c1ccccc1Oc1cccc(C#CC2(O)CCCC2)c1. The average molecular weight is 619 g/mol. The topological polar surface area (TPSA) is 93.1 Å². The maximum absolute atomic E-state index is 13.7. The summed E-state index contributed by atoms with van der Waals surface area (Å²) >= 11 is 0. The standard InChI is InChI=1S/C38H34O6S/c39-37(21-3-4-22-37)25-19-29-9-7-11-32(27-29)43-31-15-17-34(18-16-31)45(41,42)36-14-2-1-13-35(36)44-33-12-8-10-30(28-33)20-26-38(40)23-5-6-24-38/h1-2,7-18,27-28,39-40H,3-6,21-24H2. The molecule has 2 aliphatic rings. The molecule has 0 atom stereocenters. The van der Waals surface area contributed by atoms with Gasteiger partial charge in [-0.2, -0.15) is 0 Å². The van der Waals surface area contributed by atoms with Crippen LogP contribution < -0.4 is 9.47 Å². The molecule has 2 fully saturated rings. The Morgan fingerprint density at radius 2 is 1.09 bits per heavy atom. The smallest absolute Gasteiger partial charge is 0.210 e. The summed E-state index contributed by atoms with van der Waals surface area (Å²) < 4.78 is 39.5. The van der Waals surface area contributed by atoms with Crippen LogP contribution in [-0.4, -0.2) is 29.8 Å². The van der Waals surface area contributed by atoms with Gasteiger partial charge in [0, 0.05) is 11.1 Å². The second-order valence-corrected chi connectivity index (χ2v) is 13.6. The highest BCUT2D eigenvalue weighted by molar-refractivity contribution is 7.91. The fourth-order valence-corrected chi connectivity index (χ4v) is 7.04. The molecule has 2 N–H and O–H groups in total. The van der Waals surface area contributed by atoms with Gasteiger partial charge in [0.05, 0.1) is 4.90 Å². The van der Waals surface area contributed by atoms with Crippen molar-refractivity contribution in [3.8, 4) is 46.7 Å². The third kappa shape index (κ3) is 7.41. The summed E-state index contributed by atoms with van der Waals surface area (Å²) in [6, 6.07) is 27.1. The van der Waals surface area contributed by atoms with Gasteiger partial charge in [-0.3, -0.25) is 0 Å². The molecule has 0 radical (unpaired) electrons. The molecule has 0 saturated heterocycles. The number of aliphatic hydroxyl groups is 2. The summed E-state index contributed by atoms with van der Waals surface area (Å²) in [4.78, 5) is 0.130. The van der Waals surface area contributed by atoms with Crippen molar-refractivity contribution in [2.45, 2.75) is 72.4 Å². The third-order valence-electron chi connectivity index (χ3n) is 8.14. The molecule has 45 heavy (non-hydrogen) atoms. The molecule has 2 aliphatic carbocycles. The van der Waals surface area contributed by atoms with Crippen molar-refractivity contribution >= 4 is 9.84 Å². The van der Waals surface area contributed by atoms with Gasteiger partial charge in [0.1, 0.15) is 39.1 Å². The zero-order valence-electron chi connectivity index (χ0n) is 24.8. The maximum Gasteiger partial charge on any atom is 0.210 e. The van der Waals surface area contributed by atoms with Gasteiger partial charge in [-0.15, -0.1) is 0 Å². The molecule has 4 aromatic carbocycles. The van der Waals surface area contributed by atoms with Gasteiger partial charge in [0.25, 0.3) is 0 Å². The molecule has 0 unspecified atom stereocenters. The summed E-state index contributed by atoms with van der Waals surface area (Å²) in [6.45, 7) is 0. The van der Waals surface area contributed by atoms with E-state index in [1.54, 1.807) is 60.7 Å². The van der Waals surface area contributed by atoms with Gasteiger partial charge >= 0.3 is 0 Å². The summed E-state index contributed by atoms with van der Waals surface area (Å²) in [5.41, 5.74) is -0.463. The molecule has 4 aromatic rings. The number of benzene rings is 4. The van der Waals surface area contributed by atoms with E-state index in [1.807, 2.05) is 18.2 Å². The predicted molar refractivity (Wildman–Crippen MR) is 172 cm³/mol. The van der Waals surface area contributed by atoms with E-state index in [2.05, 4.69) is 23.7 Å². The summed E-state index contributed by atoms with van der Waals surface area (Å²) in [6.07, 6.45) is 6.61. The monoisotopic (exact) mass is 618 g/mol. The van der Waals surface area contributed by atoms with E-state index >= 15 is 0 Å².